The molecule has 1 aliphatic heterocycles. The van der Waals surface area contributed by atoms with Crippen molar-refractivity contribution in [3.05, 3.63) is 12.2 Å². The van der Waals surface area contributed by atoms with E-state index in [2.05, 4.69) is 24.4 Å². The molecule has 0 radical (unpaired) electrons. The molecule has 1 heterocycles. The Labute approximate surface area is 99.4 Å². The van der Waals surface area contributed by atoms with Gasteiger partial charge in [0, 0.05) is 19.3 Å². The fraction of sp³-hybridized carbons (Fsp3) is 0.857. The lowest BCUT2D eigenvalue weighted by Crippen LogP contribution is -2.39. The zero-order chi connectivity index (χ0) is 11.2. The van der Waals surface area contributed by atoms with E-state index in [1.165, 1.54) is 38.6 Å². The van der Waals surface area contributed by atoms with Crippen LogP contribution < -0.4 is 5.32 Å². The van der Waals surface area contributed by atoms with E-state index in [9.17, 15) is 0 Å². The normalized spacial score (nSPS) is 29.2. The van der Waals surface area contributed by atoms with Crippen LogP contribution in [0.25, 0.3) is 0 Å². The minimum Gasteiger partial charge on any atom is -0.381 e. The van der Waals surface area contributed by atoms with Gasteiger partial charge in [-0.3, -0.25) is 0 Å². The summed E-state index contributed by atoms with van der Waals surface area (Å²) in [4.78, 5) is 0. The molecule has 2 heteroatoms. The van der Waals surface area contributed by atoms with E-state index in [1.807, 2.05) is 0 Å². The van der Waals surface area contributed by atoms with E-state index >= 15 is 0 Å². The van der Waals surface area contributed by atoms with Crippen LogP contribution in [-0.2, 0) is 4.74 Å². The van der Waals surface area contributed by atoms with E-state index < -0.39 is 0 Å². The lowest BCUT2D eigenvalue weighted by atomic mass is 9.91. The van der Waals surface area contributed by atoms with Crippen molar-refractivity contribution in [2.75, 3.05) is 19.8 Å². The van der Waals surface area contributed by atoms with Gasteiger partial charge in [-0.25, -0.2) is 0 Å². The maximum Gasteiger partial charge on any atom is 0.0469 e. The highest BCUT2D eigenvalue weighted by Crippen LogP contribution is 2.20. The first kappa shape index (κ1) is 12.1. The Morgan fingerprint density at radius 1 is 1.25 bits per heavy atom. The SMILES string of the molecule is CC(NCC1CC=CCC1)C1CCOCC1. The third kappa shape index (κ3) is 3.60. The molecule has 2 atom stereocenters. The second kappa shape index (κ2) is 6.41. The number of allylic oxidation sites excluding steroid dienone is 2. The topological polar surface area (TPSA) is 21.3 Å². The van der Waals surface area contributed by atoms with E-state index in [1.54, 1.807) is 0 Å². The van der Waals surface area contributed by atoms with Crippen molar-refractivity contribution in [1.82, 2.24) is 5.32 Å². The van der Waals surface area contributed by atoms with Gasteiger partial charge in [0.25, 0.3) is 0 Å². The number of hydrogen-bond donors (Lipinski definition) is 1. The molecule has 16 heavy (non-hydrogen) atoms. The molecule has 0 bridgehead atoms. The van der Waals surface area contributed by atoms with Crippen LogP contribution in [-0.4, -0.2) is 25.8 Å². The molecule has 92 valence electrons. The molecule has 0 aromatic carbocycles. The third-order valence-corrected chi connectivity index (χ3v) is 4.08. The average molecular weight is 223 g/mol. The highest BCUT2D eigenvalue weighted by Gasteiger charge is 2.21. The highest BCUT2D eigenvalue weighted by molar-refractivity contribution is 4.91. The van der Waals surface area contributed by atoms with Crippen LogP contribution in [0, 0.1) is 11.8 Å². The molecule has 0 spiro atoms. The summed E-state index contributed by atoms with van der Waals surface area (Å²) in [5.74, 6) is 1.69. The Hall–Kier alpha value is -0.340. The highest BCUT2D eigenvalue weighted by atomic mass is 16.5. The van der Waals surface area contributed by atoms with Gasteiger partial charge in [0.15, 0.2) is 0 Å². The fourth-order valence-electron chi connectivity index (χ4n) is 2.78. The van der Waals surface area contributed by atoms with Gasteiger partial charge in [-0.2, -0.15) is 0 Å². The van der Waals surface area contributed by atoms with Gasteiger partial charge < -0.3 is 10.1 Å². The molecule has 0 saturated carbocycles. The number of nitrogens with one attached hydrogen (secondary N) is 1. The first-order valence-corrected chi connectivity index (χ1v) is 6.82. The van der Waals surface area contributed by atoms with Crippen LogP contribution in [0.4, 0.5) is 0 Å². The summed E-state index contributed by atoms with van der Waals surface area (Å²) in [6, 6.07) is 0.662. The molecule has 1 saturated heterocycles. The summed E-state index contributed by atoms with van der Waals surface area (Å²) in [5, 5.41) is 3.73. The second-order valence-electron chi connectivity index (χ2n) is 5.30. The minimum absolute atomic E-state index is 0.662. The lowest BCUT2D eigenvalue weighted by Gasteiger charge is -2.30. The Morgan fingerprint density at radius 3 is 2.75 bits per heavy atom. The minimum atomic E-state index is 0.662. The van der Waals surface area contributed by atoms with Crippen molar-refractivity contribution in [2.24, 2.45) is 11.8 Å². The summed E-state index contributed by atoms with van der Waals surface area (Å²) in [7, 11) is 0. The summed E-state index contributed by atoms with van der Waals surface area (Å²) in [6.07, 6.45) is 11.0. The van der Waals surface area contributed by atoms with Gasteiger partial charge in [0.05, 0.1) is 0 Å². The second-order valence-corrected chi connectivity index (χ2v) is 5.30. The van der Waals surface area contributed by atoms with Crippen LogP contribution in [0.2, 0.25) is 0 Å². The molecule has 0 amide bonds. The molecule has 2 nitrogen and oxygen atoms in total. The first-order valence-electron chi connectivity index (χ1n) is 6.82. The van der Waals surface area contributed by atoms with Crippen molar-refractivity contribution < 1.29 is 4.74 Å². The molecule has 1 fully saturated rings. The predicted molar refractivity (Wildman–Crippen MR) is 67.5 cm³/mol. The van der Waals surface area contributed by atoms with E-state index in [4.69, 9.17) is 4.74 Å². The summed E-state index contributed by atoms with van der Waals surface area (Å²) in [5.41, 5.74) is 0. The van der Waals surface area contributed by atoms with Gasteiger partial charge in [-0.05, 0) is 57.4 Å². The van der Waals surface area contributed by atoms with Crippen LogP contribution in [0.5, 0.6) is 0 Å². The monoisotopic (exact) mass is 223 g/mol. The zero-order valence-corrected chi connectivity index (χ0v) is 10.5. The lowest BCUT2D eigenvalue weighted by molar-refractivity contribution is 0.0554. The Bertz CT molecular complexity index is 221. The van der Waals surface area contributed by atoms with E-state index in [0.29, 0.717) is 6.04 Å². The Morgan fingerprint density at radius 2 is 2.06 bits per heavy atom. The maximum absolute atomic E-state index is 5.41. The largest absolute Gasteiger partial charge is 0.381 e. The Kier molecular flexibility index (Phi) is 4.86. The quantitative estimate of drug-likeness (QED) is 0.740. The average Bonchev–Trinajstić information content (AvgIpc) is 2.38. The molecule has 1 N–H and O–H groups in total. The van der Waals surface area contributed by atoms with Gasteiger partial charge in [0.1, 0.15) is 0 Å². The molecule has 2 aliphatic rings. The van der Waals surface area contributed by atoms with Crippen LogP contribution >= 0.6 is 0 Å². The van der Waals surface area contributed by atoms with Gasteiger partial charge in [0.2, 0.25) is 0 Å². The van der Waals surface area contributed by atoms with Crippen LogP contribution in [0.15, 0.2) is 12.2 Å². The standard InChI is InChI=1S/C14H25NO/c1-12(14-7-9-16-10-8-14)15-11-13-5-3-2-4-6-13/h2-3,12-15H,4-11H2,1H3. The van der Waals surface area contributed by atoms with Gasteiger partial charge in [-0.15, -0.1) is 0 Å². The van der Waals surface area contributed by atoms with E-state index in [0.717, 1.165) is 25.0 Å². The summed E-state index contributed by atoms with van der Waals surface area (Å²) < 4.78 is 5.41. The van der Waals surface area contributed by atoms with Crippen molar-refractivity contribution >= 4 is 0 Å². The molecule has 2 rings (SSSR count). The van der Waals surface area contributed by atoms with Crippen LogP contribution in [0.3, 0.4) is 0 Å². The summed E-state index contributed by atoms with van der Waals surface area (Å²) in [6.45, 7) is 5.46. The Balaban J connectivity index is 1.66. The van der Waals surface area contributed by atoms with Gasteiger partial charge in [-0.1, -0.05) is 12.2 Å². The molecule has 2 unspecified atom stereocenters. The number of hydrogen-bond acceptors (Lipinski definition) is 2. The number of rotatable bonds is 4. The first-order chi connectivity index (χ1) is 7.86. The maximum atomic E-state index is 5.41. The molecular formula is C14H25NO. The summed E-state index contributed by atoms with van der Waals surface area (Å²) >= 11 is 0. The number of ether oxygens (including phenoxy) is 1. The van der Waals surface area contributed by atoms with Crippen molar-refractivity contribution in [3.8, 4) is 0 Å². The van der Waals surface area contributed by atoms with E-state index in [-0.39, 0.29) is 0 Å². The van der Waals surface area contributed by atoms with Crippen molar-refractivity contribution in [1.29, 1.82) is 0 Å². The molecular weight excluding hydrogens is 198 g/mol. The van der Waals surface area contributed by atoms with Crippen LogP contribution in [0.1, 0.15) is 39.0 Å². The predicted octanol–water partition coefficient (Wildman–Crippen LogP) is 2.75. The van der Waals surface area contributed by atoms with Gasteiger partial charge >= 0.3 is 0 Å². The fourth-order valence-corrected chi connectivity index (χ4v) is 2.78. The molecule has 0 aromatic rings. The zero-order valence-electron chi connectivity index (χ0n) is 10.5. The molecule has 0 aromatic heterocycles. The third-order valence-electron chi connectivity index (χ3n) is 4.08. The van der Waals surface area contributed by atoms with Crippen molar-refractivity contribution in [3.63, 3.8) is 0 Å². The molecule has 1 aliphatic carbocycles. The van der Waals surface area contributed by atoms with Crippen molar-refractivity contribution in [2.45, 2.75) is 45.1 Å². The smallest absolute Gasteiger partial charge is 0.0469 e.